The van der Waals surface area contributed by atoms with Gasteiger partial charge in [0, 0.05) is 5.41 Å². The Hall–Kier alpha value is -2.11. The summed E-state index contributed by atoms with van der Waals surface area (Å²) in [6, 6.07) is 0. The standard InChI is InChI=1S/C14H19N3O3/c1-8-9(2)20-11(16-8)7-19-13(18)10-6-15-17-12(10)14(3,4)5/h6H,7H2,1-5H3,(H,15,17). The predicted molar refractivity (Wildman–Crippen MR) is 72.4 cm³/mol. The summed E-state index contributed by atoms with van der Waals surface area (Å²) in [6.07, 6.45) is 1.48. The minimum atomic E-state index is -0.433. The Balaban J connectivity index is 2.08. The molecule has 0 saturated carbocycles. The quantitative estimate of drug-likeness (QED) is 0.872. The van der Waals surface area contributed by atoms with Crippen LogP contribution in [0, 0.1) is 13.8 Å². The van der Waals surface area contributed by atoms with Gasteiger partial charge in [0.15, 0.2) is 6.61 Å². The molecule has 6 nitrogen and oxygen atoms in total. The van der Waals surface area contributed by atoms with E-state index >= 15 is 0 Å². The van der Waals surface area contributed by atoms with Gasteiger partial charge in [-0.2, -0.15) is 5.10 Å². The van der Waals surface area contributed by atoms with Crippen LogP contribution in [0.2, 0.25) is 0 Å². The molecule has 0 aliphatic heterocycles. The van der Waals surface area contributed by atoms with Gasteiger partial charge in [0.05, 0.1) is 17.6 Å². The molecule has 0 aliphatic rings. The molecule has 0 atom stereocenters. The average molecular weight is 277 g/mol. The van der Waals surface area contributed by atoms with E-state index in [1.807, 2.05) is 34.6 Å². The molecule has 2 aromatic heterocycles. The van der Waals surface area contributed by atoms with Gasteiger partial charge in [-0.1, -0.05) is 20.8 Å². The highest BCUT2D eigenvalue weighted by atomic mass is 16.5. The summed E-state index contributed by atoms with van der Waals surface area (Å²) in [5, 5.41) is 6.77. The summed E-state index contributed by atoms with van der Waals surface area (Å²) in [7, 11) is 0. The maximum atomic E-state index is 12.1. The van der Waals surface area contributed by atoms with Gasteiger partial charge in [0.25, 0.3) is 0 Å². The summed E-state index contributed by atoms with van der Waals surface area (Å²) in [6.45, 7) is 9.68. The summed E-state index contributed by atoms with van der Waals surface area (Å²) >= 11 is 0. The maximum absolute atomic E-state index is 12.1. The lowest BCUT2D eigenvalue weighted by atomic mass is 9.90. The fourth-order valence-electron chi connectivity index (χ4n) is 1.82. The van der Waals surface area contributed by atoms with Crippen molar-refractivity contribution in [2.75, 3.05) is 0 Å². The van der Waals surface area contributed by atoms with Crippen LogP contribution in [0.25, 0.3) is 0 Å². The van der Waals surface area contributed by atoms with Crippen molar-refractivity contribution in [1.29, 1.82) is 0 Å². The second kappa shape index (κ2) is 5.11. The highest BCUT2D eigenvalue weighted by Crippen LogP contribution is 2.24. The number of esters is 1. The first-order valence-electron chi connectivity index (χ1n) is 6.43. The first-order valence-corrected chi connectivity index (χ1v) is 6.43. The van der Waals surface area contributed by atoms with Crippen molar-refractivity contribution in [2.45, 2.75) is 46.6 Å². The van der Waals surface area contributed by atoms with Crippen molar-refractivity contribution in [1.82, 2.24) is 15.2 Å². The number of nitrogens with zero attached hydrogens (tertiary/aromatic N) is 2. The van der Waals surface area contributed by atoms with Gasteiger partial charge in [-0.05, 0) is 13.8 Å². The Morgan fingerprint density at radius 3 is 2.65 bits per heavy atom. The van der Waals surface area contributed by atoms with Crippen LogP contribution in [-0.4, -0.2) is 21.2 Å². The molecule has 2 rings (SSSR count). The molecule has 20 heavy (non-hydrogen) atoms. The van der Waals surface area contributed by atoms with Crippen molar-refractivity contribution < 1.29 is 13.9 Å². The maximum Gasteiger partial charge on any atom is 0.342 e. The van der Waals surface area contributed by atoms with Gasteiger partial charge < -0.3 is 9.15 Å². The van der Waals surface area contributed by atoms with Crippen molar-refractivity contribution >= 4 is 5.97 Å². The Morgan fingerprint density at radius 1 is 1.40 bits per heavy atom. The van der Waals surface area contributed by atoms with E-state index in [1.165, 1.54) is 6.20 Å². The summed E-state index contributed by atoms with van der Waals surface area (Å²) in [5.41, 5.74) is 1.79. The first-order chi connectivity index (χ1) is 9.29. The zero-order valence-electron chi connectivity index (χ0n) is 12.4. The highest BCUT2D eigenvalue weighted by Gasteiger charge is 2.25. The van der Waals surface area contributed by atoms with Gasteiger partial charge in [-0.15, -0.1) is 0 Å². The van der Waals surface area contributed by atoms with Crippen LogP contribution in [0.3, 0.4) is 0 Å². The number of oxazole rings is 1. The summed E-state index contributed by atoms with van der Waals surface area (Å²) < 4.78 is 10.6. The fourth-order valence-corrected chi connectivity index (χ4v) is 1.82. The van der Waals surface area contributed by atoms with E-state index in [0.29, 0.717) is 11.5 Å². The molecule has 0 bridgehead atoms. The Labute approximate surface area is 117 Å². The van der Waals surface area contributed by atoms with E-state index in [4.69, 9.17) is 9.15 Å². The van der Waals surface area contributed by atoms with Gasteiger partial charge in [-0.3, -0.25) is 5.10 Å². The number of rotatable bonds is 3. The third kappa shape index (κ3) is 2.89. The summed E-state index contributed by atoms with van der Waals surface area (Å²) in [4.78, 5) is 16.3. The number of ether oxygens (including phenoxy) is 1. The van der Waals surface area contributed by atoms with E-state index in [-0.39, 0.29) is 12.0 Å². The summed E-state index contributed by atoms with van der Waals surface area (Å²) in [5.74, 6) is 0.695. The number of hydrogen-bond donors (Lipinski definition) is 1. The molecule has 2 aromatic rings. The van der Waals surface area contributed by atoms with Gasteiger partial charge in [0.1, 0.15) is 11.3 Å². The van der Waals surface area contributed by atoms with E-state index in [1.54, 1.807) is 0 Å². The van der Waals surface area contributed by atoms with Crippen LogP contribution in [0.15, 0.2) is 10.6 Å². The lowest BCUT2D eigenvalue weighted by Gasteiger charge is -2.17. The second-order valence-corrected chi connectivity index (χ2v) is 5.73. The second-order valence-electron chi connectivity index (χ2n) is 5.73. The number of aryl methyl sites for hydroxylation is 2. The molecule has 6 heteroatoms. The van der Waals surface area contributed by atoms with Crippen LogP contribution in [0.1, 0.15) is 54.2 Å². The molecule has 0 aliphatic carbocycles. The van der Waals surface area contributed by atoms with Crippen molar-refractivity contribution in [2.24, 2.45) is 0 Å². The lowest BCUT2D eigenvalue weighted by molar-refractivity contribution is 0.0434. The number of carbonyl (C=O) groups excluding carboxylic acids is 1. The highest BCUT2D eigenvalue weighted by molar-refractivity contribution is 5.90. The van der Waals surface area contributed by atoms with Gasteiger partial charge in [-0.25, -0.2) is 9.78 Å². The normalized spacial score (nSPS) is 11.7. The lowest BCUT2D eigenvalue weighted by Crippen LogP contribution is -2.17. The minimum absolute atomic E-state index is 0.0161. The molecular weight excluding hydrogens is 258 g/mol. The fraction of sp³-hybridized carbons (Fsp3) is 0.500. The molecular formula is C14H19N3O3. The van der Waals surface area contributed by atoms with Crippen LogP contribution < -0.4 is 0 Å². The Kier molecular flexibility index (Phi) is 3.65. The SMILES string of the molecule is Cc1nc(COC(=O)c2cn[nH]c2C(C)(C)C)oc1C. The van der Waals surface area contributed by atoms with Crippen molar-refractivity contribution in [3.63, 3.8) is 0 Å². The van der Waals surface area contributed by atoms with Crippen LogP contribution in [0.5, 0.6) is 0 Å². The number of nitrogens with one attached hydrogen (secondary N) is 1. The average Bonchev–Trinajstić information content (AvgIpc) is 2.94. The van der Waals surface area contributed by atoms with Crippen LogP contribution in [-0.2, 0) is 16.8 Å². The van der Waals surface area contributed by atoms with Gasteiger partial charge in [0.2, 0.25) is 5.89 Å². The molecule has 0 saturated heterocycles. The van der Waals surface area contributed by atoms with Crippen LogP contribution >= 0.6 is 0 Å². The third-order valence-corrected chi connectivity index (χ3v) is 3.01. The Bertz CT molecular complexity index is 600. The smallest absolute Gasteiger partial charge is 0.342 e. The number of H-pyrrole nitrogens is 1. The van der Waals surface area contributed by atoms with Crippen molar-refractivity contribution in [3.05, 3.63) is 34.8 Å². The molecule has 0 radical (unpaired) electrons. The third-order valence-electron chi connectivity index (χ3n) is 3.01. The minimum Gasteiger partial charge on any atom is -0.452 e. The molecule has 0 aromatic carbocycles. The largest absolute Gasteiger partial charge is 0.452 e. The zero-order chi connectivity index (χ0) is 14.9. The number of aromatic amines is 1. The Morgan fingerprint density at radius 2 is 2.10 bits per heavy atom. The number of hydrogen-bond acceptors (Lipinski definition) is 5. The molecule has 2 heterocycles. The molecule has 0 unspecified atom stereocenters. The predicted octanol–water partition coefficient (Wildman–Crippen LogP) is 2.67. The van der Waals surface area contributed by atoms with E-state index in [0.717, 1.165) is 17.1 Å². The monoisotopic (exact) mass is 277 g/mol. The van der Waals surface area contributed by atoms with Gasteiger partial charge >= 0.3 is 5.97 Å². The topological polar surface area (TPSA) is 81.0 Å². The zero-order valence-corrected chi connectivity index (χ0v) is 12.4. The molecule has 108 valence electrons. The number of aromatic nitrogens is 3. The molecule has 0 spiro atoms. The number of carbonyl (C=O) groups is 1. The van der Waals surface area contributed by atoms with Crippen molar-refractivity contribution in [3.8, 4) is 0 Å². The van der Waals surface area contributed by atoms with E-state index in [9.17, 15) is 4.79 Å². The van der Waals surface area contributed by atoms with E-state index < -0.39 is 5.97 Å². The molecule has 1 N–H and O–H groups in total. The van der Waals surface area contributed by atoms with E-state index in [2.05, 4.69) is 15.2 Å². The first kappa shape index (κ1) is 14.3. The molecule has 0 fully saturated rings. The van der Waals surface area contributed by atoms with Crippen LogP contribution in [0.4, 0.5) is 0 Å². The molecule has 0 amide bonds.